The second-order valence-corrected chi connectivity index (χ2v) is 9.16. The van der Waals surface area contributed by atoms with Crippen LogP contribution >= 0.6 is 22.9 Å². The van der Waals surface area contributed by atoms with Crippen LogP contribution in [0.2, 0.25) is 4.34 Å². The van der Waals surface area contributed by atoms with Gasteiger partial charge in [-0.05, 0) is 54.1 Å². The smallest absolute Gasteiger partial charge is 0.325 e. The van der Waals surface area contributed by atoms with E-state index in [1.807, 2.05) is 13.0 Å². The van der Waals surface area contributed by atoms with Gasteiger partial charge in [0.15, 0.2) is 0 Å². The van der Waals surface area contributed by atoms with Gasteiger partial charge in [0.25, 0.3) is 5.91 Å². The van der Waals surface area contributed by atoms with E-state index in [0.717, 1.165) is 9.78 Å². The molecule has 10 nitrogen and oxygen atoms in total. The number of halogens is 1. The predicted octanol–water partition coefficient (Wildman–Crippen LogP) is 2.19. The molecule has 1 aliphatic rings. The molecule has 3 aromatic rings. The highest BCUT2D eigenvalue weighted by Crippen LogP contribution is 2.30. The number of nitrogens with zero attached hydrogens (tertiary/aromatic N) is 6. The Morgan fingerprint density at radius 3 is 2.75 bits per heavy atom. The lowest BCUT2D eigenvalue weighted by atomic mass is 9.91. The van der Waals surface area contributed by atoms with E-state index in [9.17, 15) is 14.4 Å². The minimum absolute atomic E-state index is 0.327. The Kier molecular flexibility index (Phi) is 5.94. The summed E-state index contributed by atoms with van der Waals surface area (Å²) in [7, 11) is 0. The van der Waals surface area contributed by atoms with Gasteiger partial charge in [-0.15, -0.1) is 16.4 Å². The van der Waals surface area contributed by atoms with Crippen molar-refractivity contribution < 1.29 is 14.4 Å². The van der Waals surface area contributed by atoms with E-state index in [1.165, 1.54) is 22.3 Å². The molecule has 0 unspecified atom stereocenters. The number of carbonyl (C=O) groups is 3. The van der Waals surface area contributed by atoms with Gasteiger partial charge in [-0.25, -0.2) is 9.48 Å². The van der Waals surface area contributed by atoms with Crippen molar-refractivity contribution in [2.24, 2.45) is 0 Å². The van der Waals surface area contributed by atoms with E-state index in [-0.39, 0.29) is 12.5 Å². The van der Waals surface area contributed by atoms with Crippen LogP contribution in [0.1, 0.15) is 24.3 Å². The zero-order valence-electron chi connectivity index (χ0n) is 17.4. The molecule has 1 aliphatic heterocycles. The summed E-state index contributed by atoms with van der Waals surface area (Å²) in [5.74, 6) is -0.827. The van der Waals surface area contributed by atoms with Crippen LogP contribution in [0, 0.1) is 0 Å². The van der Waals surface area contributed by atoms with Crippen molar-refractivity contribution in [2.75, 3.05) is 13.1 Å². The van der Waals surface area contributed by atoms with E-state index in [1.54, 1.807) is 42.2 Å². The Bertz CT molecular complexity index is 1170. The van der Waals surface area contributed by atoms with E-state index >= 15 is 0 Å². The summed E-state index contributed by atoms with van der Waals surface area (Å²) in [6.45, 7) is 3.90. The molecule has 0 radical (unpaired) electrons. The molecule has 0 saturated carbocycles. The normalized spacial score (nSPS) is 18.2. The number of rotatable bonds is 7. The summed E-state index contributed by atoms with van der Waals surface area (Å²) in [5, 5.41) is 13.8. The Balaban J connectivity index is 1.52. The summed E-state index contributed by atoms with van der Waals surface area (Å²) in [6.07, 6.45) is 1.43. The van der Waals surface area contributed by atoms with E-state index in [2.05, 4.69) is 20.8 Å². The van der Waals surface area contributed by atoms with E-state index in [0.29, 0.717) is 28.7 Å². The van der Waals surface area contributed by atoms with Gasteiger partial charge < -0.3 is 10.2 Å². The Labute approximate surface area is 192 Å². The third-order valence-corrected chi connectivity index (χ3v) is 6.53. The molecule has 32 heavy (non-hydrogen) atoms. The first-order chi connectivity index (χ1) is 15.3. The summed E-state index contributed by atoms with van der Waals surface area (Å²) in [4.78, 5) is 42.3. The lowest BCUT2D eigenvalue weighted by Gasteiger charge is -2.24. The van der Waals surface area contributed by atoms with Gasteiger partial charge in [-0.3, -0.25) is 14.5 Å². The number of carbonyl (C=O) groups excluding carboxylic acids is 3. The first-order valence-corrected chi connectivity index (χ1v) is 11.0. The minimum atomic E-state index is -1.32. The highest BCUT2D eigenvalue weighted by atomic mass is 35.5. The van der Waals surface area contributed by atoms with E-state index in [4.69, 9.17) is 11.6 Å². The summed E-state index contributed by atoms with van der Waals surface area (Å²) in [6, 6.07) is 9.98. The topological polar surface area (TPSA) is 113 Å². The maximum Gasteiger partial charge on any atom is 0.325 e. The number of tetrazole rings is 1. The van der Waals surface area contributed by atoms with Crippen LogP contribution in [0.3, 0.4) is 0 Å². The standard InChI is InChI=1S/C20H20ClN7O3S/c1-3-26(10-15-7-8-16(21)32-15)17(29)11-27-18(30)20(2,23-19(27)31)13-5-4-6-14(9-13)28-12-22-24-25-28/h4-9,12H,3,10-11H2,1-2H3,(H,23,31)/t20-/m1/s1. The fraction of sp³-hybridized carbons (Fsp3) is 0.300. The first kappa shape index (κ1) is 21.9. The fourth-order valence-corrected chi connectivity index (χ4v) is 4.61. The SMILES string of the molecule is CCN(Cc1ccc(Cl)s1)C(=O)CN1C(=O)N[C@](C)(c2cccc(-n3cnnn3)c2)C1=O. The van der Waals surface area contributed by atoms with Crippen molar-refractivity contribution >= 4 is 40.8 Å². The highest BCUT2D eigenvalue weighted by Gasteiger charge is 2.49. The van der Waals surface area contributed by atoms with Crippen molar-refractivity contribution in [3.8, 4) is 5.69 Å². The van der Waals surface area contributed by atoms with Gasteiger partial charge in [-0.2, -0.15) is 0 Å². The van der Waals surface area contributed by atoms with Crippen LogP contribution in [0.5, 0.6) is 0 Å². The first-order valence-electron chi connectivity index (χ1n) is 9.82. The van der Waals surface area contributed by atoms with Crippen molar-refractivity contribution in [3.63, 3.8) is 0 Å². The molecular weight excluding hydrogens is 454 g/mol. The Morgan fingerprint density at radius 2 is 2.09 bits per heavy atom. The predicted molar refractivity (Wildman–Crippen MR) is 117 cm³/mol. The molecule has 0 aliphatic carbocycles. The van der Waals surface area contributed by atoms with Gasteiger partial charge >= 0.3 is 6.03 Å². The van der Waals surface area contributed by atoms with Crippen molar-refractivity contribution in [2.45, 2.75) is 25.9 Å². The molecule has 1 aromatic carbocycles. The second kappa shape index (κ2) is 8.67. The molecule has 0 bridgehead atoms. The average Bonchev–Trinajstić information content (AvgIpc) is 3.50. The molecule has 1 N–H and O–H groups in total. The Hall–Kier alpha value is -3.31. The van der Waals surface area contributed by atoms with Crippen LogP contribution in [0.25, 0.3) is 5.69 Å². The highest BCUT2D eigenvalue weighted by molar-refractivity contribution is 7.16. The average molecular weight is 474 g/mol. The van der Waals surface area contributed by atoms with Crippen LogP contribution in [-0.2, 0) is 21.7 Å². The maximum atomic E-state index is 13.3. The number of benzene rings is 1. The van der Waals surface area contributed by atoms with Gasteiger partial charge in [0, 0.05) is 11.4 Å². The molecule has 4 amide bonds. The number of hydrogen-bond donors (Lipinski definition) is 1. The van der Waals surface area contributed by atoms with Crippen molar-refractivity contribution in [3.05, 3.63) is 57.5 Å². The number of imide groups is 1. The van der Waals surface area contributed by atoms with Gasteiger partial charge in [-0.1, -0.05) is 23.7 Å². The molecular formula is C20H20ClN7O3S. The minimum Gasteiger partial charge on any atom is -0.336 e. The zero-order valence-corrected chi connectivity index (χ0v) is 18.9. The van der Waals surface area contributed by atoms with E-state index < -0.39 is 17.5 Å². The lowest BCUT2D eigenvalue weighted by molar-refractivity contribution is -0.139. The van der Waals surface area contributed by atoms with Gasteiger partial charge in [0.2, 0.25) is 5.91 Å². The molecule has 1 fully saturated rings. The van der Waals surface area contributed by atoms with Crippen molar-refractivity contribution in [1.29, 1.82) is 0 Å². The number of urea groups is 1. The molecule has 3 heterocycles. The monoisotopic (exact) mass is 473 g/mol. The molecule has 1 atom stereocenters. The fourth-order valence-electron chi connectivity index (χ4n) is 3.51. The van der Waals surface area contributed by atoms with Crippen LogP contribution in [0.4, 0.5) is 4.79 Å². The quantitative estimate of drug-likeness (QED) is 0.526. The Morgan fingerprint density at radius 1 is 1.28 bits per heavy atom. The zero-order chi connectivity index (χ0) is 22.9. The summed E-state index contributed by atoms with van der Waals surface area (Å²) >= 11 is 7.36. The maximum absolute atomic E-state index is 13.3. The van der Waals surface area contributed by atoms with Crippen molar-refractivity contribution in [1.82, 2.24) is 35.3 Å². The van der Waals surface area contributed by atoms with Crippen LogP contribution < -0.4 is 5.32 Å². The van der Waals surface area contributed by atoms with Crippen LogP contribution in [0.15, 0.2) is 42.7 Å². The number of aromatic nitrogens is 4. The van der Waals surface area contributed by atoms with Crippen LogP contribution in [-0.4, -0.2) is 60.9 Å². The molecule has 0 spiro atoms. The molecule has 12 heteroatoms. The number of nitrogens with one attached hydrogen (secondary N) is 1. The number of thiophene rings is 1. The second-order valence-electron chi connectivity index (χ2n) is 7.36. The molecule has 166 valence electrons. The lowest BCUT2D eigenvalue weighted by Crippen LogP contribution is -2.44. The largest absolute Gasteiger partial charge is 0.336 e. The third-order valence-electron chi connectivity index (χ3n) is 5.32. The van der Waals surface area contributed by atoms with Gasteiger partial charge in [0.1, 0.15) is 18.4 Å². The van der Waals surface area contributed by atoms with Gasteiger partial charge in [0.05, 0.1) is 16.6 Å². The number of likely N-dealkylation sites (N-methyl/N-ethyl adjacent to an activating group) is 1. The number of hydrogen-bond acceptors (Lipinski definition) is 7. The summed E-state index contributed by atoms with van der Waals surface area (Å²) in [5.41, 5.74) is -0.129. The molecule has 2 aromatic heterocycles. The molecule has 4 rings (SSSR count). The summed E-state index contributed by atoms with van der Waals surface area (Å²) < 4.78 is 2.09. The number of amides is 4. The third kappa shape index (κ3) is 4.08. The molecule has 1 saturated heterocycles.